The zero-order valence-corrected chi connectivity index (χ0v) is 16.9. The van der Waals surface area contributed by atoms with Crippen molar-refractivity contribution >= 4 is 33.8 Å². The normalized spacial score (nSPS) is 11.9. The highest BCUT2D eigenvalue weighted by molar-refractivity contribution is 7.14. The second-order valence-corrected chi connectivity index (χ2v) is 7.63. The molecule has 5 rings (SSSR count). The van der Waals surface area contributed by atoms with Crippen LogP contribution in [0.15, 0.2) is 72.1 Å². The molecule has 0 saturated carbocycles. The van der Waals surface area contributed by atoms with E-state index in [4.69, 9.17) is 9.47 Å². The van der Waals surface area contributed by atoms with Gasteiger partial charge in [-0.05, 0) is 48.5 Å². The second kappa shape index (κ2) is 8.08. The molecule has 6 nitrogen and oxygen atoms in total. The number of nitrogens with one attached hydrogen (secondary N) is 2. The van der Waals surface area contributed by atoms with E-state index < -0.39 is 0 Å². The molecule has 8 heteroatoms. The third-order valence-electron chi connectivity index (χ3n) is 4.63. The number of carbonyl (C=O) groups excluding carboxylic acids is 1. The number of rotatable bonds is 5. The first kappa shape index (κ1) is 19.1. The van der Waals surface area contributed by atoms with Crippen molar-refractivity contribution in [2.45, 2.75) is 0 Å². The van der Waals surface area contributed by atoms with Gasteiger partial charge in [-0.3, -0.25) is 4.79 Å². The van der Waals surface area contributed by atoms with Crippen LogP contribution in [0.2, 0.25) is 0 Å². The summed E-state index contributed by atoms with van der Waals surface area (Å²) in [6, 6.07) is 18.7. The molecule has 0 aliphatic carbocycles. The van der Waals surface area contributed by atoms with Gasteiger partial charge in [0.25, 0.3) is 5.91 Å². The number of hydrogen-bond acceptors (Lipinski definition) is 6. The molecule has 0 saturated heterocycles. The Morgan fingerprint density at radius 3 is 2.71 bits per heavy atom. The van der Waals surface area contributed by atoms with Crippen molar-refractivity contribution in [2.75, 3.05) is 17.4 Å². The van der Waals surface area contributed by atoms with E-state index in [0.717, 1.165) is 11.3 Å². The van der Waals surface area contributed by atoms with Crippen molar-refractivity contribution in [3.8, 4) is 22.8 Å². The Morgan fingerprint density at radius 1 is 0.968 bits per heavy atom. The Balaban J connectivity index is 1.31. The number of ether oxygens (including phenoxy) is 2. The van der Waals surface area contributed by atoms with Gasteiger partial charge in [0, 0.05) is 27.9 Å². The second-order valence-electron chi connectivity index (χ2n) is 6.78. The topological polar surface area (TPSA) is 72.5 Å². The van der Waals surface area contributed by atoms with Crippen LogP contribution in [-0.4, -0.2) is 17.7 Å². The Bertz CT molecular complexity index is 1270. The summed E-state index contributed by atoms with van der Waals surface area (Å²) in [5, 5.41) is 8.55. The predicted molar refractivity (Wildman–Crippen MR) is 118 cm³/mol. The van der Waals surface area contributed by atoms with E-state index in [1.54, 1.807) is 30.3 Å². The van der Waals surface area contributed by atoms with E-state index in [0.29, 0.717) is 33.6 Å². The van der Waals surface area contributed by atoms with Crippen molar-refractivity contribution in [1.82, 2.24) is 4.98 Å². The minimum atomic E-state index is -0.312. The minimum absolute atomic E-state index is 0.159. The van der Waals surface area contributed by atoms with Crippen LogP contribution in [0.5, 0.6) is 11.5 Å². The molecule has 2 heterocycles. The third-order valence-corrected chi connectivity index (χ3v) is 5.39. The molecule has 1 aliphatic rings. The number of thiazole rings is 1. The monoisotopic (exact) mass is 433 g/mol. The standard InChI is InChI=1S/C23H16FN3O3S/c24-16-4-2-6-18(11-16)26-23-27-19(12-31-23)14-3-1-5-17(9-14)25-22(28)15-7-8-20-21(10-15)30-13-29-20/h1-12H,13H2,(H,25,28)(H,26,27). The average Bonchev–Trinajstić information content (AvgIpc) is 3.43. The number of carbonyl (C=O) groups is 1. The molecule has 1 amide bonds. The van der Waals surface area contributed by atoms with Crippen LogP contribution in [0, 0.1) is 5.82 Å². The van der Waals surface area contributed by atoms with Gasteiger partial charge >= 0.3 is 0 Å². The molecule has 3 aromatic carbocycles. The summed E-state index contributed by atoms with van der Waals surface area (Å²) in [6.45, 7) is 0.159. The van der Waals surface area contributed by atoms with Crippen molar-refractivity contribution in [3.63, 3.8) is 0 Å². The van der Waals surface area contributed by atoms with Gasteiger partial charge in [-0.15, -0.1) is 11.3 Å². The molecule has 31 heavy (non-hydrogen) atoms. The van der Waals surface area contributed by atoms with Crippen LogP contribution in [0.25, 0.3) is 11.3 Å². The molecule has 0 spiro atoms. The molecule has 0 bridgehead atoms. The van der Waals surface area contributed by atoms with Crippen molar-refractivity contribution in [3.05, 3.63) is 83.5 Å². The Morgan fingerprint density at radius 2 is 1.81 bits per heavy atom. The van der Waals surface area contributed by atoms with E-state index in [2.05, 4.69) is 15.6 Å². The van der Waals surface area contributed by atoms with Crippen molar-refractivity contribution in [2.24, 2.45) is 0 Å². The number of anilines is 3. The maximum absolute atomic E-state index is 13.4. The minimum Gasteiger partial charge on any atom is -0.454 e. The molecule has 0 radical (unpaired) electrons. The highest BCUT2D eigenvalue weighted by Crippen LogP contribution is 2.33. The number of benzene rings is 3. The zero-order valence-electron chi connectivity index (χ0n) is 16.1. The summed E-state index contributed by atoms with van der Waals surface area (Å²) >= 11 is 1.42. The van der Waals surface area contributed by atoms with Gasteiger partial charge in [0.15, 0.2) is 16.6 Å². The number of aromatic nitrogens is 1. The lowest BCUT2D eigenvalue weighted by molar-refractivity contribution is 0.102. The molecule has 0 atom stereocenters. The van der Waals surface area contributed by atoms with Gasteiger partial charge in [0.2, 0.25) is 6.79 Å². The summed E-state index contributed by atoms with van der Waals surface area (Å²) in [7, 11) is 0. The first-order valence-corrected chi connectivity index (χ1v) is 10.3. The molecular formula is C23H16FN3O3S. The Kier molecular flexibility index (Phi) is 4.97. The molecule has 1 aliphatic heterocycles. The lowest BCUT2D eigenvalue weighted by Gasteiger charge is -2.07. The van der Waals surface area contributed by atoms with Crippen molar-refractivity contribution in [1.29, 1.82) is 0 Å². The average molecular weight is 433 g/mol. The molecule has 154 valence electrons. The highest BCUT2D eigenvalue weighted by Gasteiger charge is 2.16. The maximum Gasteiger partial charge on any atom is 0.255 e. The summed E-state index contributed by atoms with van der Waals surface area (Å²) in [5.41, 5.74) is 3.36. The van der Waals surface area contributed by atoms with Crippen molar-refractivity contribution < 1.29 is 18.7 Å². The summed E-state index contributed by atoms with van der Waals surface area (Å²) < 4.78 is 24.0. The predicted octanol–water partition coefficient (Wildman–Crippen LogP) is 5.67. The van der Waals surface area contributed by atoms with E-state index in [9.17, 15) is 9.18 Å². The van der Waals surface area contributed by atoms with Crippen LogP contribution < -0.4 is 20.1 Å². The van der Waals surface area contributed by atoms with Crippen LogP contribution >= 0.6 is 11.3 Å². The molecule has 0 unspecified atom stereocenters. The first-order valence-electron chi connectivity index (χ1n) is 9.44. The quantitative estimate of drug-likeness (QED) is 0.424. The van der Waals surface area contributed by atoms with E-state index in [1.165, 1.54) is 23.5 Å². The fraction of sp³-hybridized carbons (Fsp3) is 0.0435. The maximum atomic E-state index is 13.4. The van der Waals surface area contributed by atoms with Gasteiger partial charge in [-0.2, -0.15) is 0 Å². The molecule has 2 N–H and O–H groups in total. The first-order chi connectivity index (χ1) is 15.1. The number of hydrogen-bond donors (Lipinski definition) is 2. The van der Waals surface area contributed by atoms with E-state index in [1.807, 2.05) is 29.6 Å². The van der Waals surface area contributed by atoms with Crippen LogP contribution in [0.1, 0.15) is 10.4 Å². The summed E-state index contributed by atoms with van der Waals surface area (Å²) in [5.74, 6) is 0.627. The molecule has 4 aromatic rings. The van der Waals surface area contributed by atoms with Gasteiger partial charge in [-0.25, -0.2) is 9.37 Å². The number of amides is 1. The van der Waals surface area contributed by atoms with Gasteiger partial charge in [-0.1, -0.05) is 18.2 Å². The molecule has 0 fully saturated rings. The Hall–Kier alpha value is -3.91. The number of halogens is 1. The Labute approximate surface area is 181 Å². The third kappa shape index (κ3) is 4.19. The van der Waals surface area contributed by atoms with Gasteiger partial charge in [0.1, 0.15) is 5.82 Å². The number of nitrogens with zero attached hydrogens (tertiary/aromatic N) is 1. The SMILES string of the molecule is O=C(Nc1cccc(-c2csc(Nc3cccc(F)c3)n2)c1)c1ccc2c(c1)OCO2. The van der Waals surface area contributed by atoms with E-state index >= 15 is 0 Å². The highest BCUT2D eigenvalue weighted by atomic mass is 32.1. The van der Waals surface area contributed by atoms with Crippen LogP contribution in [-0.2, 0) is 0 Å². The fourth-order valence-electron chi connectivity index (χ4n) is 3.15. The van der Waals surface area contributed by atoms with Gasteiger partial charge in [0.05, 0.1) is 5.69 Å². The lowest BCUT2D eigenvalue weighted by atomic mass is 10.1. The summed E-state index contributed by atoms with van der Waals surface area (Å²) in [6.07, 6.45) is 0. The summed E-state index contributed by atoms with van der Waals surface area (Å²) in [4.78, 5) is 17.2. The molecule has 1 aromatic heterocycles. The van der Waals surface area contributed by atoms with Crippen LogP contribution in [0.3, 0.4) is 0 Å². The zero-order chi connectivity index (χ0) is 21.2. The fourth-order valence-corrected chi connectivity index (χ4v) is 3.89. The largest absolute Gasteiger partial charge is 0.454 e. The van der Waals surface area contributed by atoms with Crippen LogP contribution in [0.4, 0.5) is 20.9 Å². The number of fused-ring (bicyclic) bond motifs is 1. The lowest BCUT2D eigenvalue weighted by Crippen LogP contribution is -2.11. The van der Waals surface area contributed by atoms with Gasteiger partial charge < -0.3 is 20.1 Å². The van der Waals surface area contributed by atoms with E-state index in [-0.39, 0.29) is 18.5 Å². The smallest absolute Gasteiger partial charge is 0.255 e. The molecular weight excluding hydrogens is 417 g/mol.